The molecule has 26 heavy (non-hydrogen) atoms. The Morgan fingerprint density at radius 2 is 2.12 bits per heavy atom. The molecule has 1 aromatic rings. The van der Waals surface area contributed by atoms with Gasteiger partial charge in [0.25, 0.3) is 5.91 Å². The van der Waals surface area contributed by atoms with Gasteiger partial charge in [0.05, 0.1) is 11.8 Å². The van der Waals surface area contributed by atoms with E-state index >= 15 is 0 Å². The molecule has 2 aliphatic rings. The number of hydrogen-bond acceptors (Lipinski definition) is 5. The summed E-state index contributed by atoms with van der Waals surface area (Å²) >= 11 is 5.97. The van der Waals surface area contributed by atoms with Crippen LogP contribution in [0, 0.1) is 11.8 Å². The maximum absolute atomic E-state index is 12.3. The molecule has 2 atom stereocenters. The SMILES string of the molecule is NC(=O)[C@H]1CCCN(C(=O)COC(=O)[C@H]2COc3ccc(Cl)cc3C2)C1. The number of fused-ring (bicyclic) bond motifs is 1. The van der Waals surface area contributed by atoms with Gasteiger partial charge in [0, 0.05) is 18.1 Å². The number of esters is 1. The first-order valence-corrected chi connectivity index (χ1v) is 8.97. The van der Waals surface area contributed by atoms with E-state index in [-0.39, 0.29) is 31.6 Å². The van der Waals surface area contributed by atoms with E-state index in [2.05, 4.69) is 0 Å². The molecule has 8 heteroatoms. The molecule has 0 saturated carbocycles. The molecule has 140 valence electrons. The number of nitrogens with zero attached hydrogens (tertiary/aromatic N) is 1. The van der Waals surface area contributed by atoms with Crippen molar-refractivity contribution >= 4 is 29.4 Å². The number of hydrogen-bond donors (Lipinski definition) is 1. The standard InChI is InChI=1S/C18H21ClN2O5/c19-14-3-4-15-12(7-14)6-13(9-25-15)18(24)26-10-16(22)21-5-1-2-11(8-21)17(20)23/h3-4,7,11,13H,1-2,5-6,8-10H2,(H2,20,23)/t11-,13+/m0/s1. The van der Waals surface area contributed by atoms with E-state index in [0.29, 0.717) is 36.6 Å². The van der Waals surface area contributed by atoms with Crippen LogP contribution in [0.15, 0.2) is 18.2 Å². The summed E-state index contributed by atoms with van der Waals surface area (Å²) in [6, 6.07) is 5.27. The molecule has 2 heterocycles. The number of nitrogens with two attached hydrogens (primary N) is 1. The Morgan fingerprint density at radius 3 is 2.88 bits per heavy atom. The first-order valence-electron chi connectivity index (χ1n) is 8.59. The lowest BCUT2D eigenvalue weighted by Gasteiger charge is -2.31. The summed E-state index contributed by atoms with van der Waals surface area (Å²) in [4.78, 5) is 37.3. The second-order valence-corrected chi connectivity index (χ2v) is 7.09. The number of likely N-dealkylation sites (tertiary alicyclic amines) is 1. The third-order valence-electron chi connectivity index (χ3n) is 4.78. The number of carbonyl (C=O) groups excluding carboxylic acids is 3. The van der Waals surface area contributed by atoms with Crippen LogP contribution in [-0.4, -0.2) is 49.0 Å². The van der Waals surface area contributed by atoms with Crippen molar-refractivity contribution in [1.29, 1.82) is 0 Å². The molecule has 2 N–H and O–H groups in total. The molecular formula is C18H21ClN2O5. The molecule has 1 aromatic carbocycles. The summed E-state index contributed by atoms with van der Waals surface area (Å²) in [7, 11) is 0. The smallest absolute Gasteiger partial charge is 0.313 e. The second-order valence-electron chi connectivity index (χ2n) is 6.65. The number of ether oxygens (including phenoxy) is 2. The van der Waals surface area contributed by atoms with Crippen molar-refractivity contribution in [2.75, 3.05) is 26.3 Å². The first-order chi connectivity index (χ1) is 12.4. The number of piperidine rings is 1. The number of benzene rings is 1. The summed E-state index contributed by atoms with van der Waals surface area (Å²) in [5.41, 5.74) is 6.16. The molecule has 1 fully saturated rings. The number of rotatable bonds is 4. The third kappa shape index (κ3) is 4.27. The first kappa shape index (κ1) is 18.5. The fourth-order valence-electron chi connectivity index (χ4n) is 3.29. The Hall–Kier alpha value is -2.28. The molecule has 1 saturated heterocycles. The van der Waals surface area contributed by atoms with Crippen LogP contribution in [-0.2, 0) is 25.5 Å². The molecule has 7 nitrogen and oxygen atoms in total. The summed E-state index contributed by atoms with van der Waals surface area (Å²) in [5.74, 6) is -1.31. The molecule has 0 unspecified atom stereocenters. The summed E-state index contributed by atoms with van der Waals surface area (Å²) in [6.45, 7) is 0.682. The van der Waals surface area contributed by atoms with Crippen molar-refractivity contribution in [3.05, 3.63) is 28.8 Å². The lowest BCUT2D eigenvalue weighted by molar-refractivity contribution is -0.157. The van der Waals surface area contributed by atoms with Crippen molar-refractivity contribution in [3.8, 4) is 5.75 Å². The lowest BCUT2D eigenvalue weighted by Crippen LogP contribution is -2.45. The van der Waals surface area contributed by atoms with E-state index in [0.717, 1.165) is 5.56 Å². The van der Waals surface area contributed by atoms with Gasteiger partial charge in [-0.05, 0) is 43.0 Å². The summed E-state index contributed by atoms with van der Waals surface area (Å²) in [5, 5.41) is 0.575. The topological polar surface area (TPSA) is 98.9 Å². The van der Waals surface area contributed by atoms with Crippen LogP contribution in [0.25, 0.3) is 0 Å². The largest absolute Gasteiger partial charge is 0.492 e. The third-order valence-corrected chi connectivity index (χ3v) is 5.01. The highest BCUT2D eigenvalue weighted by Crippen LogP contribution is 2.30. The number of carbonyl (C=O) groups is 3. The maximum atomic E-state index is 12.3. The van der Waals surface area contributed by atoms with Gasteiger partial charge in [0.2, 0.25) is 5.91 Å². The minimum absolute atomic E-state index is 0.203. The van der Waals surface area contributed by atoms with E-state index in [9.17, 15) is 14.4 Å². The van der Waals surface area contributed by atoms with Crippen LogP contribution in [0.3, 0.4) is 0 Å². The molecular weight excluding hydrogens is 360 g/mol. The van der Waals surface area contributed by atoms with E-state index in [1.165, 1.54) is 4.90 Å². The van der Waals surface area contributed by atoms with Crippen LogP contribution < -0.4 is 10.5 Å². The van der Waals surface area contributed by atoms with Crippen molar-refractivity contribution in [2.45, 2.75) is 19.3 Å². The zero-order valence-corrected chi connectivity index (χ0v) is 15.0. The fourth-order valence-corrected chi connectivity index (χ4v) is 3.49. The molecule has 0 bridgehead atoms. The average Bonchev–Trinajstić information content (AvgIpc) is 2.65. The second kappa shape index (κ2) is 7.95. The van der Waals surface area contributed by atoms with E-state index < -0.39 is 17.8 Å². The Kier molecular flexibility index (Phi) is 5.66. The van der Waals surface area contributed by atoms with E-state index in [4.69, 9.17) is 26.8 Å². The monoisotopic (exact) mass is 380 g/mol. The molecule has 2 amide bonds. The van der Waals surface area contributed by atoms with Crippen LogP contribution >= 0.6 is 11.6 Å². The minimum atomic E-state index is -0.479. The normalized spacial score (nSPS) is 22.1. The van der Waals surface area contributed by atoms with Gasteiger partial charge >= 0.3 is 5.97 Å². The predicted molar refractivity (Wildman–Crippen MR) is 93.6 cm³/mol. The van der Waals surface area contributed by atoms with Gasteiger partial charge < -0.3 is 20.1 Å². The minimum Gasteiger partial charge on any atom is -0.492 e. The predicted octanol–water partition coefficient (Wildman–Crippen LogP) is 1.16. The van der Waals surface area contributed by atoms with Crippen LogP contribution in [0.4, 0.5) is 0 Å². The fraction of sp³-hybridized carbons (Fsp3) is 0.500. The molecule has 0 aromatic heterocycles. The number of amides is 2. The highest BCUT2D eigenvalue weighted by molar-refractivity contribution is 6.30. The van der Waals surface area contributed by atoms with E-state index in [1.54, 1.807) is 18.2 Å². The summed E-state index contributed by atoms with van der Waals surface area (Å²) in [6.07, 6.45) is 1.85. The van der Waals surface area contributed by atoms with Crippen molar-refractivity contribution in [2.24, 2.45) is 17.6 Å². The number of halogens is 1. The van der Waals surface area contributed by atoms with Crippen LogP contribution in [0.2, 0.25) is 5.02 Å². The molecule has 0 spiro atoms. The van der Waals surface area contributed by atoms with Gasteiger partial charge in [0.15, 0.2) is 6.61 Å². The Labute approximate surface area is 156 Å². The Bertz CT molecular complexity index is 724. The molecule has 3 rings (SSSR count). The molecule has 0 radical (unpaired) electrons. The van der Waals surface area contributed by atoms with Gasteiger partial charge in [0.1, 0.15) is 12.4 Å². The maximum Gasteiger partial charge on any atom is 0.313 e. The van der Waals surface area contributed by atoms with Crippen molar-refractivity contribution < 1.29 is 23.9 Å². The molecule has 2 aliphatic heterocycles. The Balaban J connectivity index is 1.51. The summed E-state index contributed by atoms with van der Waals surface area (Å²) < 4.78 is 10.7. The lowest BCUT2D eigenvalue weighted by atomic mass is 9.97. The van der Waals surface area contributed by atoms with Gasteiger partial charge in [-0.3, -0.25) is 14.4 Å². The molecule has 0 aliphatic carbocycles. The number of primary amides is 1. The van der Waals surface area contributed by atoms with Crippen LogP contribution in [0.1, 0.15) is 18.4 Å². The average molecular weight is 381 g/mol. The van der Waals surface area contributed by atoms with Crippen molar-refractivity contribution in [1.82, 2.24) is 4.90 Å². The highest BCUT2D eigenvalue weighted by Gasteiger charge is 2.30. The van der Waals surface area contributed by atoms with Gasteiger partial charge in [-0.25, -0.2) is 0 Å². The highest BCUT2D eigenvalue weighted by atomic mass is 35.5. The van der Waals surface area contributed by atoms with Gasteiger partial charge in [-0.1, -0.05) is 11.6 Å². The van der Waals surface area contributed by atoms with Crippen LogP contribution in [0.5, 0.6) is 5.75 Å². The zero-order valence-electron chi connectivity index (χ0n) is 14.3. The zero-order chi connectivity index (χ0) is 18.7. The van der Waals surface area contributed by atoms with Gasteiger partial charge in [-0.2, -0.15) is 0 Å². The van der Waals surface area contributed by atoms with Gasteiger partial charge in [-0.15, -0.1) is 0 Å². The Morgan fingerprint density at radius 1 is 1.31 bits per heavy atom. The quantitative estimate of drug-likeness (QED) is 0.790. The van der Waals surface area contributed by atoms with Crippen molar-refractivity contribution in [3.63, 3.8) is 0 Å². The van der Waals surface area contributed by atoms with E-state index in [1.807, 2.05) is 0 Å².